The fourth-order valence-electron chi connectivity index (χ4n) is 4.32. The highest BCUT2D eigenvalue weighted by molar-refractivity contribution is 5.81. The van der Waals surface area contributed by atoms with Gasteiger partial charge in [-0.15, -0.1) is 0 Å². The van der Waals surface area contributed by atoms with Gasteiger partial charge in [0.15, 0.2) is 0 Å². The van der Waals surface area contributed by atoms with E-state index in [1.54, 1.807) is 30.3 Å². The van der Waals surface area contributed by atoms with Crippen LogP contribution in [0.3, 0.4) is 0 Å². The van der Waals surface area contributed by atoms with Crippen LogP contribution in [0, 0.1) is 17.6 Å². The van der Waals surface area contributed by atoms with Crippen LogP contribution in [0.4, 0.5) is 39.5 Å². The number of Topliss-reactive ketones (excluding diaryl/α,β-unsaturated/α-hetero) is 1. The molecule has 0 saturated carbocycles. The van der Waals surface area contributed by atoms with Gasteiger partial charge in [0.25, 0.3) is 0 Å². The average molecular weight is 562 g/mol. The van der Waals surface area contributed by atoms with Crippen molar-refractivity contribution in [2.75, 3.05) is 0 Å². The minimum absolute atomic E-state index is 0.151. The van der Waals surface area contributed by atoms with Gasteiger partial charge in [-0.3, -0.25) is 4.79 Å². The van der Waals surface area contributed by atoms with Crippen molar-refractivity contribution in [2.24, 2.45) is 5.92 Å². The Morgan fingerprint density at radius 1 is 0.821 bits per heavy atom. The highest BCUT2D eigenvalue weighted by Crippen LogP contribution is 2.43. The van der Waals surface area contributed by atoms with Crippen LogP contribution in [0.1, 0.15) is 36.5 Å². The quantitative estimate of drug-likeness (QED) is 0.220. The summed E-state index contributed by atoms with van der Waals surface area (Å²) in [4.78, 5) is 13.1. The Kier molecular flexibility index (Phi) is 9.02. The van der Waals surface area contributed by atoms with Gasteiger partial charge in [-0.2, -0.15) is 30.7 Å². The fraction of sp³-hybridized carbons (Fsp3) is 0.321. The molecule has 0 spiro atoms. The summed E-state index contributed by atoms with van der Waals surface area (Å²) in [6.07, 6.45) is -15.7. The van der Waals surface area contributed by atoms with Gasteiger partial charge >= 0.3 is 18.7 Å². The van der Waals surface area contributed by atoms with Crippen molar-refractivity contribution >= 4 is 5.78 Å². The van der Waals surface area contributed by atoms with Crippen molar-refractivity contribution in [3.05, 3.63) is 101 Å². The van der Waals surface area contributed by atoms with E-state index in [-0.39, 0.29) is 17.5 Å². The topological polar surface area (TPSA) is 26.3 Å². The van der Waals surface area contributed by atoms with Gasteiger partial charge in [-0.1, -0.05) is 49.4 Å². The van der Waals surface area contributed by atoms with E-state index < -0.39 is 66.1 Å². The van der Waals surface area contributed by atoms with Crippen molar-refractivity contribution in [1.29, 1.82) is 0 Å². The summed E-state index contributed by atoms with van der Waals surface area (Å²) < 4.78 is 125. The molecule has 210 valence electrons. The monoisotopic (exact) mass is 562 g/mol. The van der Waals surface area contributed by atoms with Gasteiger partial charge in [0.2, 0.25) is 0 Å². The van der Waals surface area contributed by atoms with Gasteiger partial charge in [-0.05, 0) is 47.4 Å². The number of carbonyl (C=O) groups excluding carboxylic acids is 1. The number of rotatable bonds is 11. The molecule has 0 amide bonds. The van der Waals surface area contributed by atoms with Crippen molar-refractivity contribution in [1.82, 2.24) is 0 Å². The van der Waals surface area contributed by atoms with Gasteiger partial charge < -0.3 is 4.74 Å². The number of carbonyl (C=O) groups is 1. The molecule has 0 aromatic heterocycles. The second-order valence-electron chi connectivity index (χ2n) is 9.25. The first-order valence-corrected chi connectivity index (χ1v) is 11.7. The predicted molar refractivity (Wildman–Crippen MR) is 125 cm³/mol. The number of ketones is 1. The smallest absolute Gasteiger partial charge is 0.428 e. The van der Waals surface area contributed by atoms with E-state index in [0.29, 0.717) is 11.6 Å². The van der Waals surface area contributed by atoms with Crippen LogP contribution in [0.5, 0.6) is 5.75 Å². The van der Waals surface area contributed by atoms with Crippen molar-refractivity contribution in [3.8, 4) is 5.75 Å². The van der Waals surface area contributed by atoms with Crippen LogP contribution >= 0.6 is 0 Å². The summed E-state index contributed by atoms with van der Waals surface area (Å²) in [6.45, 7) is 0.815. The Hall–Kier alpha value is -3.50. The molecule has 3 aromatic carbocycles. The first kappa shape index (κ1) is 30.0. The zero-order valence-electron chi connectivity index (χ0n) is 20.4. The third-order valence-electron chi connectivity index (χ3n) is 6.27. The molecule has 0 aliphatic heterocycles. The van der Waals surface area contributed by atoms with Crippen molar-refractivity contribution < 1.29 is 49.0 Å². The van der Waals surface area contributed by atoms with Crippen LogP contribution in [-0.4, -0.2) is 24.5 Å². The third kappa shape index (κ3) is 7.54. The zero-order valence-corrected chi connectivity index (χ0v) is 20.4. The normalized spacial score (nSPS) is 14.6. The maximum absolute atomic E-state index is 14.8. The highest BCUT2D eigenvalue weighted by Gasteiger charge is 2.45. The number of ether oxygens (including phenoxy) is 1. The molecule has 0 heterocycles. The number of hydrogen-bond donors (Lipinski definition) is 0. The fourth-order valence-corrected chi connectivity index (χ4v) is 4.32. The first-order chi connectivity index (χ1) is 18.1. The molecule has 3 rings (SSSR count). The first-order valence-electron chi connectivity index (χ1n) is 11.7. The lowest BCUT2D eigenvalue weighted by atomic mass is 9.67. The van der Waals surface area contributed by atoms with Crippen molar-refractivity contribution in [2.45, 2.75) is 50.3 Å². The molecule has 39 heavy (non-hydrogen) atoms. The maximum Gasteiger partial charge on any atom is 0.461 e. The Morgan fingerprint density at radius 3 is 2.00 bits per heavy atom. The number of alkyl halides is 7. The SMILES string of the molecule is CC(CC(=O)C[C@](Cc1ccccc1)(c1ccc(F)cc1)c1cc(F)cc(OC(F)(F)C(F)F)c1)C(F)(F)F. The summed E-state index contributed by atoms with van der Waals surface area (Å²) in [5.74, 6) is -5.80. The Bertz CT molecular complexity index is 1260. The number of hydrogen-bond acceptors (Lipinski definition) is 2. The maximum atomic E-state index is 14.8. The van der Waals surface area contributed by atoms with Crippen molar-refractivity contribution in [3.63, 3.8) is 0 Å². The van der Waals surface area contributed by atoms with E-state index in [2.05, 4.69) is 4.74 Å². The van der Waals surface area contributed by atoms with E-state index in [0.717, 1.165) is 31.2 Å². The van der Waals surface area contributed by atoms with Crippen LogP contribution < -0.4 is 4.74 Å². The molecule has 0 N–H and O–H groups in total. The van der Waals surface area contributed by atoms with Crippen LogP contribution in [0.15, 0.2) is 72.8 Å². The van der Waals surface area contributed by atoms with Gasteiger partial charge in [-0.25, -0.2) is 8.78 Å². The second-order valence-corrected chi connectivity index (χ2v) is 9.25. The molecule has 1 unspecified atom stereocenters. The Balaban J connectivity index is 2.23. The van der Waals surface area contributed by atoms with E-state index >= 15 is 0 Å². The molecule has 2 nitrogen and oxygen atoms in total. The van der Waals surface area contributed by atoms with Crippen LogP contribution in [0.25, 0.3) is 0 Å². The van der Waals surface area contributed by atoms with Gasteiger partial charge in [0, 0.05) is 24.3 Å². The summed E-state index contributed by atoms with van der Waals surface area (Å²) in [5.41, 5.74) is -1.27. The van der Waals surface area contributed by atoms with Gasteiger partial charge in [0.1, 0.15) is 23.2 Å². The van der Waals surface area contributed by atoms with E-state index in [9.17, 15) is 44.3 Å². The summed E-state index contributed by atoms with van der Waals surface area (Å²) >= 11 is 0. The molecule has 0 aliphatic carbocycles. The number of benzene rings is 3. The van der Waals surface area contributed by atoms with Crippen LogP contribution in [-0.2, 0) is 16.6 Å². The summed E-state index contributed by atoms with van der Waals surface area (Å²) in [7, 11) is 0. The van der Waals surface area contributed by atoms with Crippen LogP contribution in [0.2, 0.25) is 0 Å². The average Bonchev–Trinajstić information content (AvgIpc) is 2.83. The molecule has 0 radical (unpaired) electrons. The van der Waals surface area contributed by atoms with E-state index in [1.165, 1.54) is 12.1 Å². The Morgan fingerprint density at radius 2 is 1.44 bits per heavy atom. The molecule has 3 aromatic rings. The second kappa shape index (κ2) is 11.7. The molecular formula is C28H23F9O2. The molecule has 11 heteroatoms. The van der Waals surface area contributed by atoms with Gasteiger partial charge in [0.05, 0.1) is 5.92 Å². The highest BCUT2D eigenvalue weighted by atomic mass is 19.4. The lowest BCUT2D eigenvalue weighted by Crippen LogP contribution is -2.36. The summed E-state index contributed by atoms with van der Waals surface area (Å²) in [5, 5.41) is 0. The molecule has 0 saturated heterocycles. The molecule has 0 bridgehead atoms. The molecule has 0 aliphatic rings. The van der Waals surface area contributed by atoms with E-state index in [4.69, 9.17) is 0 Å². The largest absolute Gasteiger partial charge is 0.461 e. The summed E-state index contributed by atoms with van der Waals surface area (Å²) in [6, 6.07) is 14.8. The minimum atomic E-state index is -4.99. The lowest BCUT2D eigenvalue weighted by Gasteiger charge is -2.36. The standard InChI is InChI=1S/C28H23F9O2/c1-17(27(33,34)35)11-23(38)16-26(15-18-5-3-2-4-6-18,19-7-9-21(29)10-8-19)20-12-22(30)14-24(13-20)39-28(36,37)25(31)32/h2-10,12-14,17,25H,11,15-16H2,1H3/t17?,26-/m1/s1. The third-order valence-corrected chi connectivity index (χ3v) is 6.27. The Labute approximate surface area is 218 Å². The minimum Gasteiger partial charge on any atom is -0.428 e. The lowest BCUT2D eigenvalue weighted by molar-refractivity contribution is -0.253. The zero-order chi connectivity index (χ0) is 29.0. The molecule has 0 fully saturated rings. The molecule has 2 atom stereocenters. The van der Waals surface area contributed by atoms with E-state index in [1.807, 2.05) is 0 Å². The number of halogens is 9. The molecular weight excluding hydrogens is 539 g/mol. The predicted octanol–water partition coefficient (Wildman–Crippen LogP) is 8.28.